The van der Waals surface area contributed by atoms with Gasteiger partial charge in [-0.05, 0) is 56.1 Å². The SMILES string of the molecule is Cn1c(CN2CCC(c3c(F)cc(C(=O)O)cc3F)CC2)cc2c(-n3cc(F)c(N)c(F)c3=O)ccnc21. The van der Waals surface area contributed by atoms with Crippen LogP contribution in [0.4, 0.5) is 23.2 Å². The molecule has 1 aromatic carbocycles. The van der Waals surface area contributed by atoms with Crippen molar-refractivity contribution >= 4 is 22.7 Å². The number of nitrogens with zero attached hydrogens (tertiary/aromatic N) is 4. The average Bonchev–Trinajstić information content (AvgIpc) is 3.20. The van der Waals surface area contributed by atoms with Gasteiger partial charge in [0.2, 0.25) is 5.82 Å². The van der Waals surface area contributed by atoms with Gasteiger partial charge in [0.15, 0.2) is 5.82 Å². The molecular weight excluding hydrogens is 506 g/mol. The van der Waals surface area contributed by atoms with Gasteiger partial charge in [-0.25, -0.2) is 22.9 Å². The largest absolute Gasteiger partial charge is 0.478 e. The Hall–Kier alpha value is -4.19. The minimum atomic E-state index is -1.40. The first-order valence-electron chi connectivity index (χ1n) is 11.8. The minimum Gasteiger partial charge on any atom is -0.478 e. The predicted octanol–water partition coefficient (Wildman–Crippen LogP) is 3.94. The van der Waals surface area contributed by atoms with E-state index >= 15 is 0 Å². The summed E-state index contributed by atoms with van der Waals surface area (Å²) in [4.78, 5) is 30.0. The first-order valence-corrected chi connectivity index (χ1v) is 11.8. The van der Waals surface area contributed by atoms with Crippen molar-refractivity contribution in [1.29, 1.82) is 0 Å². The van der Waals surface area contributed by atoms with Gasteiger partial charge in [0.05, 0.1) is 17.4 Å². The summed E-state index contributed by atoms with van der Waals surface area (Å²) in [6.07, 6.45) is 3.21. The fraction of sp³-hybridized carbons (Fsp3) is 0.269. The van der Waals surface area contributed by atoms with Gasteiger partial charge in [-0.2, -0.15) is 4.39 Å². The number of carboxylic acids is 1. The first-order chi connectivity index (χ1) is 18.1. The van der Waals surface area contributed by atoms with Crippen molar-refractivity contribution in [3.05, 3.63) is 87.1 Å². The second kappa shape index (κ2) is 9.60. The Morgan fingerprint density at radius 3 is 2.39 bits per heavy atom. The Balaban J connectivity index is 1.39. The molecule has 4 heterocycles. The average molecular weight is 529 g/mol. The Bertz CT molecular complexity index is 1620. The van der Waals surface area contributed by atoms with Crippen LogP contribution < -0.4 is 11.3 Å². The maximum atomic E-state index is 14.5. The number of hydrogen-bond donors (Lipinski definition) is 2. The summed E-state index contributed by atoms with van der Waals surface area (Å²) in [5.41, 5.74) is 4.41. The summed E-state index contributed by atoms with van der Waals surface area (Å²) in [7, 11) is 1.78. The van der Waals surface area contributed by atoms with Crippen molar-refractivity contribution in [2.45, 2.75) is 25.3 Å². The Labute approximate surface area is 213 Å². The van der Waals surface area contributed by atoms with Crippen LogP contribution in [0.25, 0.3) is 16.7 Å². The number of nitrogens with two attached hydrogens (primary N) is 1. The molecule has 0 atom stereocenters. The van der Waals surface area contributed by atoms with E-state index in [-0.39, 0.29) is 11.3 Å². The van der Waals surface area contributed by atoms with Crippen molar-refractivity contribution in [1.82, 2.24) is 19.0 Å². The van der Waals surface area contributed by atoms with E-state index in [0.717, 1.165) is 28.6 Å². The van der Waals surface area contributed by atoms with Gasteiger partial charge in [-0.15, -0.1) is 0 Å². The fourth-order valence-corrected chi connectivity index (χ4v) is 5.07. The Morgan fingerprint density at radius 2 is 1.76 bits per heavy atom. The standard InChI is InChI=1S/C26H23F4N5O3/c1-33-15(10-16-20(2-5-32-24(16)33)35-12-19(29)23(31)22(30)25(35)36)11-34-6-3-13(4-7-34)21-17(27)8-14(26(37)38)9-18(21)28/h2,5,8-10,12-13H,3-4,6-7,11,31H2,1H3,(H,37,38). The monoisotopic (exact) mass is 529 g/mol. The van der Waals surface area contributed by atoms with E-state index in [0.29, 0.717) is 43.5 Å². The third-order valence-electron chi connectivity index (χ3n) is 7.12. The molecule has 5 rings (SSSR count). The quantitative estimate of drug-likeness (QED) is 0.380. The normalized spacial score (nSPS) is 14.9. The highest BCUT2D eigenvalue weighted by Gasteiger charge is 2.27. The lowest BCUT2D eigenvalue weighted by Gasteiger charge is -2.32. The molecule has 12 heteroatoms. The summed E-state index contributed by atoms with van der Waals surface area (Å²) in [5.74, 6) is -5.95. The third-order valence-corrected chi connectivity index (χ3v) is 7.12. The molecule has 1 saturated heterocycles. The number of fused-ring (bicyclic) bond motifs is 1. The van der Waals surface area contributed by atoms with Crippen LogP contribution in [0.15, 0.2) is 41.5 Å². The molecule has 1 aliphatic rings. The molecule has 0 radical (unpaired) electrons. The van der Waals surface area contributed by atoms with E-state index in [4.69, 9.17) is 10.8 Å². The van der Waals surface area contributed by atoms with E-state index in [9.17, 15) is 27.2 Å². The molecule has 3 N–H and O–H groups in total. The number of aryl methyl sites for hydroxylation is 1. The Kier molecular flexibility index (Phi) is 6.43. The van der Waals surface area contributed by atoms with Crippen LogP contribution in [-0.4, -0.2) is 43.2 Å². The molecule has 198 valence electrons. The molecule has 1 fully saturated rings. The van der Waals surface area contributed by atoms with Crippen LogP contribution in [0.1, 0.15) is 40.4 Å². The van der Waals surface area contributed by atoms with E-state index in [1.54, 1.807) is 13.1 Å². The molecule has 3 aromatic heterocycles. The van der Waals surface area contributed by atoms with Gasteiger partial charge in [0, 0.05) is 36.4 Å². The number of likely N-dealkylation sites (tertiary alicyclic amines) is 1. The highest BCUT2D eigenvalue weighted by Crippen LogP contribution is 2.33. The number of benzene rings is 1. The number of hydrogen-bond acceptors (Lipinski definition) is 5. The van der Waals surface area contributed by atoms with Crippen LogP contribution >= 0.6 is 0 Å². The number of aromatic carboxylic acids is 1. The van der Waals surface area contributed by atoms with Crippen LogP contribution in [0, 0.1) is 23.3 Å². The van der Waals surface area contributed by atoms with Crippen molar-refractivity contribution in [3.63, 3.8) is 0 Å². The van der Waals surface area contributed by atoms with Gasteiger partial charge in [-0.1, -0.05) is 0 Å². The number of carbonyl (C=O) groups is 1. The molecule has 0 aliphatic carbocycles. The first kappa shape index (κ1) is 25.5. The van der Waals surface area contributed by atoms with E-state index in [1.807, 2.05) is 4.57 Å². The summed E-state index contributed by atoms with van der Waals surface area (Å²) >= 11 is 0. The van der Waals surface area contributed by atoms with E-state index in [1.165, 1.54) is 12.3 Å². The van der Waals surface area contributed by atoms with E-state index in [2.05, 4.69) is 9.88 Å². The lowest BCUT2D eigenvalue weighted by Crippen LogP contribution is -2.33. The zero-order chi connectivity index (χ0) is 27.3. The van der Waals surface area contributed by atoms with Crippen LogP contribution in [-0.2, 0) is 13.6 Å². The second-order valence-electron chi connectivity index (χ2n) is 9.35. The highest BCUT2D eigenvalue weighted by molar-refractivity contribution is 5.88. The van der Waals surface area contributed by atoms with Gasteiger partial charge in [-0.3, -0.25) is 14.3 Å². The molecule has 0 spiro atoms. The van der Waals surface area contributed by atoms with Crippen molar-refractivity contribution in [2.24, 2.45) is 7.05 Å². The van der Waals surface area contributed by atoms with Gasteiger partial charge < -0.3 is 15.4 Å². The molecule has 4 aromatic rings. The fourth-order valence-electron chi connectivity index (χ4n) is 5.07. The van der Waals surface area contributed by atoms with Gasteiger partial charge >= 0.3 is 5.97 Å². The third kappa shape index (κ3) is 4.30. The highest BCUT2D eigenvalue weighted by atomic mass is 19.1. The van der Waals surface area contributed by atoms with Crippen LogP contribution in [0.2, 0.25) is 0 Å². The van der Waals surface area contributed by atoms with Crippen molar-refractivity contribution < 1.29 is 27.5 Å². The van der Waals surface area contributed by atoms with Gasteiger partial charge in [0.1, 0.15) is 23.0 Å². The Morgan fingerprint density at radius 1 is 1.11 bits per heavy atom. The summed E-state index contributed by atoms with van der Waals surface area (Å²) < 4.78 is 60.1. The summed E-state index contributed by atoms with van der Waals surface area (Å²) in [5, 5.41) is 9.52. The number of nitrogen functional groups attached to an aromatic ring is 1. The van der Waals surface area contributed by atoms with E-state index < -0.39 is 52.0 Å². The summed E-state index contributed by atoms with van der Waals surface area (Å²) in [6.45, 7) is 1.51. The zero-order valence-electron chi connectivity index (χ0n) is 20.2. The number of halogens is 4. The molecule has 8 nitrogen and oxygen atoms in total. The van der Waals surface area contributed by atoms with Crippen LogP contribution in [0.5, 0.6) is 0 Å². The molecule has 1 aliphatic heterocycles. The molecule has 0 saturated carbocycles. The molecule has 0 amide bonds. The second-order valence-corrected chi connectivity index (χ2v) is 9.35. The maximum absolute atomic E-state index is 14.5. The predicted molar refractivity (Wildman–Crippen MR) is 131 cm³/mol. The number of piperidine rings is 1. The number of pyridine rings is 2. The number of aromatic nitrogens is 3. The minimum absolute atomic E-state index is 0.0958. The zero-order valence-corrected chi connectivity index (χ0v) is 20.2. The van der Waals surface area contributed by atoms with Crippen molar-refractivity contribution in [2.75, 3.05) is 18.8 Å². The molecule has 0 bridgehead atoms. The summed E-state index contributed by atoms with van der Waals surface area (Å²) in [6, 6.07) is 4.95. The molecule has 38 heavy (non-hydrogen) atoms. The number of carboxylic acid groups (broad SMARTS) is 1. The van der Waals surface area contributed by atoms with Crippen molar-refractivity contribution in [3.8, 4) is 5.69 Å². The number of rotatable bonds is 5. The topological polar surface area (TPSA) is 106 Å². The number of anilines is 1. The molecular formula is C26H23F4N5O3. The van der Waals surface area contributed by atoms with Crippen LogP contribution in [0.3, 0.4) is 0 Å². The smallest absolute Gasteiger partial charge is 0.335 e. The lowest BCUT2D eigenvalue weighted by molar-refractivity contribution is 0.0695. The maximum Gasteiger partial charge on any atom is 0.335 e. The van der Waals surface area contributed by atoms with Gasteiger partial charge in [0.25, 0.3) is 5.56 Å². The lowest BCUT2D eigenvalue weighted by atomic mass is 9.88. The molecule has 0 unspecified atom stereocenters.